The summed E-state index contributed by atoms with van der Waals surface area (Å²) >= 11 is 0. The molecule has 0 atom stereocenters. The summed E-state index contributed by atoms with van der Waals surface area (Å²) in [7, 11) is -2.19. The molecule has 0 radical (unpaired) electrons. The second-order valence-corrected chi connectivity index (χ2v) is 9.55. The number of methoxy groups -OCH3 is 1. The third-order valence-electron chi connectivity index (χ3n) is 5.60. The average Bonchev–Trinajstić information content (AvgIpc) is 3.10. The van der Waals surface area contributed by atoms with Gasteiger partial charge in [0.2, 0.25) is 0 Å². The van der Waals surface area contributed by atoms with Crippen LogP contribution in [0.3, 0.4) is 0 Å². The number of aromatic nitrogens is 1. The molecule has 0 saturated carbocycles. The topological polar surface area (TPSA) is 86.6 Å². The van der Waals surface area contributed by atoms with Gasteiger partial charge in [-0.1, -0.05) is 17.7 Å². The Kier molecular flexibility index (Phi) is 6.34. The van der Waals surface area contributed by atoms with Crippen LogP contribution in [0.1, 0.15) is 28.5 Å². The van der Waals surface area contributed by atoms with Crippen LogP contribution >= 0.6 is 0 Å². The lowest BCUT2D eigenvalue weighted by Crippen LogP contribution is -2.13. The fourth-order valence-corrected chi connectivity index (χ4v) is 4.99. The van der Waals surface area contributed by atoms with Crippen molar-refractivity contribution in [2.24, 2.45) is 0 Å². The van der Waals surface area contributed by atoms with E-state index < -0.39 is 16.0 Å². The molecule has 8 heteroatoms. The Balaban J connectivity index is 1.84. The lowest BCUT2D eigenvalue weighted by molar-refractivity contribution is 0.0527. The largest absolute Gasteiger partial charge is 0.497 e. The number of hydrogen-bond donors (Lipinski definition) is 1. The summed E-state index contributed by atoms with van der Waals surface area (Å²) in [6.45, 7) is 5.71. The number of anilines is 1. The number of hydrogen-bond acceptors (Lipinski definition) is 5. The zero-order valence-electron chi connectivity index (χ0n) is 19.5. The maximum Gasteiger partial charge on any atom is 0.340 e. The van der Waals surface area contributed by atoms with Crippen molar-refractivity contribution in [3.63, 3.8) is 0 Å². The molecule has 0 aliphatic rings. The molecule has 176 valence electrons. The highest BCUT2D eigenvalue weighted by atomic mass is 32.2. The molecule has 1 heterocycles. The maximum absolute atomic E-state index is 12.9. The SMILES string of the molecule is CCOC(=O)c1c(C)n(-c2ccc(OC)cc2)c2ccc(NS(=O)(=O)c3ccc(C)cc3)cc12. The van der Waals surface area contributed by atoms with Crippen LogP contribution in [0.25, 0.3) is 16.6 Å². The van der Waals surface area contributed by atoms with Crippen LogP contribution in [0.5, 0.6) is 5.75 Å². The van der Waals surface area contributed by atoms with E-state index >= 15 is 0 Å². The zero-order valence-corrected chi connectivity index (χ0v) is 20.3. The Hall–Kier alpha value is -3.78. The van der Waals surface area contributed by atoms with E-state index in [1.165, 1.54) is 0 Å². The van der Waals surface area contributed by atoms with Crippen molar-refractivity contribution in [2.75, 3.05) is 18.4 Å². The van der Waals surface area contributed by atoms with Gasteiger partial charge in [-0.2, -0.15) is 0 Å². The minimum Gasteiger partial charge on any atom is -0.497 e. The first-order chi connectivity index (χ1) is 16.2. The Morgan fingerprint density at radius 3 is 2.26 bits per heavy atom. The molecule has 34 heavy (non-hydrogen) atoms. The number of ether oxygens (including phenoxy) is 2. The number of benzene rings is 3. The molecular weight excluding hydrogens is 452 g/mol. The smallest absolute Gasteiger partial charge is 0.340 e. The van der Waals surface area contributed by atoms with Gasteiger partial charge in [0.25, 0.3) is 10.0 Å². The van der Waals surface area contributed by atoms with Crippen LogP contribution in [-0.4, -0.2) is 32.7 Å². The number of rotatable bonds is 7. The molecular formula is C26H26N2O5S. The van der Waals surface area contributed by atoms with E-state index in [4.69, 9.17) is 9.47 Å². The Bertz CT molecular complexity index is 1450. The molecule has 0 saturated heterocycles. The molecule has 0 amide bonds. The molecule has 0 aliphatic heterocycles. The summed E-state index contributed by atoms with van der Waals surface area (Å²) in [6.07, 6.45) is 0. The number of carbonyl (C=O) groups excluding carboxylic acids is 1. The predicted molar refractivity (Wildman–Crippen MR) is 133 cm³/mol. The molecule has 4 rings (SSSR count). The number of carbonyl (C=O) groups is 1. The third kappa shape index (κ3) is 4.36. The average molecular weight is 479 g/mol. The molecule has 0 spiro atoms. The highest BCUT2D eigenvalue weighted by Crippen LogP contribution is 2.33. The Labute approximate surface area is 199 Å². The van der Waals surface area contributed by atoms with Crippen LogP contribution in [0.2, 0.25) is 0 Å². The van der Waals surface area contributed by atoms with Gasteiger partial charge < -0.3 is 14.0 Å². The van der Waals surface area contributed by atoms with Crippen LogP contribution < -0.4 is 9.46 Å². The summed E-state index contributed by atoms with van der Waals surface area (Å²) in [5.74, 6) is 0.257. The van der Waals surface area contributed by atoms with Crippen molar-refractivity contribution in [3.05, 3.63) is 83.6 Å². The highest BCUT2D eigenvalue weighted by molar-refractivity contribution is 7.92. The molecule has 7 nitrogen and oxygen atoms in total. The van der Waals surface area contributed by atoms with E-state index in [1.54, 1.807) is 56.5 Å². The standard InChI is InChI=1S/C26H26N2O5S/c1-5-33-26(29)25-18(3)28(20-9-11-21(32-4)12-10-20)24-15-8-19(16-23(24)25)27-34(30,31)22-13-6-17(2)7-14-22/h6-16,27H,5H2,1-4H3. The van der Waals surface area contributed by atoms with Crippen molar-refractivity contribution in [2.45, 2.75) is 25.7 Å². The van der Waals surface area contributed by atoms with Crippen molar-refractivity contribution in [1.29, 1.82) is 0 Å². The van der Waals surface area contributed by atoms with Gasteiger partial charge in [-0.05, 0) is 75.4 Å². The molecule has 3 aromatic carbocycles. The Morgan fingerprint density at radius 1 is 0.971 bits per heavy atom. The van der Waals surface area contributed by atoms with Gasteiger partial charge >= 0.3 is 5.97 Å². The molecule has 0 unspecified atom stereocenters. The first kappa shape index (κ1) is 23.4. The van der Waals surface area contributed by atoms with E-state index in [9.17, 15) is 13.2 Å². The summed E-state index contributed by atoms with van der Waals surface area (Å²) in [5, 5.41) is 0.593. The molecule has 1 aromatic heterocycles. The van der Waals surface area contributed by atoms with E-state index in [0.29, 0.717) is 22.3 Å². The molecule has 4 aromatic rings. The second-order valence-electron chi connectivity index (χ2n) is 7.86. The fraction of sp³-hybridized carbons (Fsp3) is 0.192. The first-order valence-corrected chi connectivity index (χ1v) is 12.3. The highest BCUT2D eigenvalue weighted by Gasteiger charge is 2.23. The summed E-state index contributed by atoms with van der Waals surface area (Å²) in [6, 6.07) is 19.2. The number of nitrogens with one attached hydrogen (secondary N) is 1. The second kappa shape index (κ2) is 9.23. The monoisotopic (exact) mass is 478 g/mol. The van der Waals surface area contributed by atoms with Crippen molar-refractivity contribution in [3.8, 4) is 11.4 Å². The molecule has 0 aliphatic carbocycles. The predicted octanol–water partition coefficient (Wildman–Crippen LogP) is 5.23. The van der Waals surface area contributed by atoms with Gasteiger partial charge in [-0.3, -0.25) is 4.72 Å². The van der Waals surface area contributed by atoms with Crippen molar-refractivity contribution >= 4 is 32.6 Å². The number of esters is 1. The number of sulfonamides is 1. The third-order valence-corrected chi connectivity index (χ3v) is 6.99. The van der Waals surface area contributed by atoms with Crippen LogP contribution in [-0.2, 0) is 14.8 Å². The molecule has 0 bridgehead atoms. The number of aryl methyl sites for hydroxylation is 1. The van der Waals surface area contributed by atoms with E-state index in [2.05, 4.69) is 4.72 Å². The molecule has 1 N–H and O–H groups in total. The molecule has 0 fully saturated rings. The minimum absolute atomic E-state index is 0.163. The van der Waals surface area contributed by atoms with Crippen molar-refractivity contribution in [1.82, 2.24) is 4.57 Å². The quantitative estimate of drug-likeness (QED) is 0.368. The van der Waals surface area contributed by atoms with Gasteiger partial charge in [-0.15, -0.1) is 0 Å². The summed E-state index contributed by atoms with van der Waals surface area (Å²) in [4.78, 5) is 13.0. The maximum atomic E-state index is 12.9. The van der Waals surface area contributed by atoms with Gasteiger partial charge in [0, 0.05) is 22.5 Å². The van der Waals surface area contributed by atoms with Gasteiger partial charge in [-0.25, -0.2) is 13.2 Å². The van der Waals surface area contributed by atoms with Crippen molar-refractivity contribution < 1.29 is 22.7 Å². The normalized spacial score (nSPS) is 11.4. The van der Waals surface area contributed by atoms with Crippen LogP contribution in [0, 0.1) is 13.8 Å². The van der Waals surface area contributed by atoms with Gasteiger partial charge in [0.15, 0.2) is 0 Å². The van der Waals surface area contributed by atoms with Crippen LogP contribution in [0.15, 0.2) is 71.6 Å². The lowest BCUT2D eigenvalue weighted by Gasteiger charge is -2.11. The first-order valence-electron chi connectivity index (χ1n) is 10.8. The summed E-state index contributed by atoms with van der Waals surface area (Å²) < 4.78 is 40.9. The van der Waals surface area contributed by atoms with E-state index in [1.807, 2.05) is 42.7 Å². The van der Waals surface area contributed by atoms with E-state index in [0.717, 1.165) is 22.5 Å². The summed E-state index contributed by atoms with van der Waals surface area (Å²) in [5.41, 5.74) is 4.00. The van der Waals surface area contributed by atoms with Gasteiger partial charge in [0.1, 0.15) is 5.75 Å². The number of nitrogens with zero attached hydrogens (tertiary/aromatic N) is 1. The van der Waals surface area contributed by atoms with Gasteiger partial charge in [0.05, 0.1) is 29.7 Å². The minimum atomic E-state index is -3.79. The number of fused-ring (bicyclic) bond motifs is 1. The lowest BCUT2D eigenvalue weighted by atomic mass is 10.1. The van der Waals surface area contributed by atoms with E-state index in [-0.39, 0.29) is 11.5 Å². The Morgan fingerprint density at radius 2 is 1.65 bits per heavy atom. The zero-order chi connectivity index (χ0) is 24.5. The fourth-order valence-electron chi connectivity index (χ4n) is 3.94. The van der Waals surface area contributed by atoms with Crippen LogP contribution in [0.4, 0.5) is 5.69 Å².